The van der Waals surface area contributed by atoms with Crippen LogP contribution in [0, 0.1) is 11.3 Å². The Kier molecular flexibility index (Phi) is 2.28. The van der Waals surface area contributed by atoms with Crippen molar-refractivity contribution < 1.29 is 4.79 Å². The largest absolute Gasteiger partial charge is 0.274 e. The van der Waals surface area contributed by atoms with E-state index in [1.165, 1.54) is 0 Å². The third-order valence-corrected chi connectivity index (χ3v) is 3.97. The molecule has 4 heteroatoms. The number of carbonyl (C=O) groups is 1. The molecular weight excluding hydrogens is 262 g/mol. The summed E-state index contributed by atoms with van der Waals surface area (Å²) < 4.78 is 0. The fourth-order valence-electron chi connectivity index (χ4n) is 3.01. The van der Waals surface area contributed by atoms with Crippen molar-refractivity contribution in [3.63, 3.8) is 0 Å². The van der Waals surface area contributed by atoms with Gasteiger partial charge in [-0.25, -0.2) is 4.99 Å². The number of fused-ring (bicyclic) bond motifs is 2. The van der Waals surface area contributed by atoms with E-state index >= 15 is 0 Å². The Labute approximate surface area is 121 Å². The Bertz CT molecular complexity index is 910. The van der Waals surface area contributed by atoms with Gasteiger partial charge in [0, 0.05) is 5.39 Å². The molecule has 1 amide bonds. The zero-order chi connectivity index (χ0) is 14.6. The quantitative estimate of drug-likeness (QED) is 0.738. The van der Waals surface area contributed by atoms with E-state index in [0.29, 0.717) is 11.4 Å². The topological polar surface area (TPSA) is 56.5 Å². The van der Waals surface area contributed by atoms with Crippen LogP contribution in [0.1, 0.15) is 13.3 Å². The highest BCUT2D eigenvalue weighted by molar-refractivity contribution is 6.33. The van der Waals surface area contributed by atoms with E-state index in [9.17, 15) is 10.1 Å². The minimum Gasteiger partial charge on any atom is -0.274 e. The number of amides is 1. The van der Waals surface area contributed by atoms with Gasteiger partial charge in [0.15, 0.2) is 5.84 Å². The summed E-state index contributed by atoms with van der Waals surface area (Å²) in [6.45, 7) is 1.82. The molecule has 0 unspecified atom stereocenters. The van der Waals surface area contributed by atoms with Gasteiger partial charge in [-0.05, 0) is 30.0 Å². The van der Waals surface area contributed by atoms with Crippen molar-refractivity contribution in [2.75, 3.05) is 4.90 Å². The number of amidine groups is 1. The van der Waals surface area contributed by atoms with E-state index in [0.717, 1.165) is 27.7 Å². The summed E-state index contributed by atoms with van der Waals surface area (Å²) >= 11 is 0. The van der Waals surface area contributed by atoms with Crippen molar-refractivity contribution in [3.8, 4) is 6.07 Å². The summed E-state index contributed by atoms with van der Waals surface area (Å²) in [5.41, 5.74) is 2.91. The first-order valence-corrected chi connectivity index (χ1v) is 6.74. The molecule has 100 valence electrons. The van der Waals surface area contributed by atoms with Crippen LogP contribution in [0.5, 0.6) is 0 Å². The maximum absolute atomic E-state index is 12.5. The van der Waals surface area contributed by atoms with E-state index in [4.69, 9.17) is 0 Å². The highest BCUT2D eigenvalue weighted by atomic mass is 16.2. The molecule has 2 heterocycles. The molecule has 0 aliphatic carbocycles. The van der Waals surface area contributed by atoms with Crippen molar-refractivity contribution in [2.24, 2.45) is 4.99 Å². The first-order chi connectivity index (χ1) is 10.2. The van der Waals surface area contributed by atoms with Crippen LogP contribution in [0.25, 0.3) is 10.8 Å². The van der Waals surface area contributed by atoms with Crippen molar-refractivity contribution in [1.82, 2.24) is 0 Å². The SMILES string of the molecule is CC1=C(C#N)C2=Nc3cccc4cccc(c34)N2C(=O)C1. The molecule has 0 saturated carbocycles. The normalized spacial score (nSPS) is 16.7. The van der Waals surface area contributed by atoms with Crippen molar-refractivity contribution >= 4 is 33.9 Å². The Morgan fingerprint density at radius 2 is 2.00 bits per heavy atom. The lowest BCUT2D eigenvalue weighted by atomic mass is 9.96. The highest BCUT2D eigenvalue weighted by Crippen LogP contribution is 2.41. The second kappa shape index (κ2) is 4.03. The smallest absolute Gasteiger partial charge is 0.236 e. The van der Waals surface area contributed by atoms with Gasteiger partial charge >= 0.3 is 0 Å². The van der Waals surface area contributed by atoms with Crippen molar-refractivity contribution in [3.05, 3.63) is 47.5 Å². The molecule has 0 N–H and O–H groups in total. The summed E-state index contributed by atoms with van der Waals surface area (Å²) in [5, 5.41) is 11.4. The number of anilines is 1. The van der Waals surface area contributed by atoms with Gasteiger partial charge in [0.05, 0.1) is 23.4 Å². The van der Waals surface area contributed by atoms with Gasteiger partial charge < -0.3 is 0 Å². The fraction of sp³-hybridized carbons (Fsp3) is 0.118. The summed E-state index contributed by atoms with van der Waals surface area (Å²) in [6, 6.07) is 13.9. The molecule has 2 aliphatic rings. The Balaban J connectivity index is 2.13. The van der Waals surface area contributed by atoms with Crippen LogP contribution in [0.4, 0.5) is 11.4 Å². The third kappa shape index (κ3) is 1.49. The predicted octanol–water partition coefficient (Wildman–Crippen LogP) is 3.46. The van der Waals surface area contributed by atoms with Crippen LogP contribution in [-0.4, -0.2) is 11.7 Å². The zero-order valence-corrected chi connectivity index (χ0v) is 11.4. The predicted molar refractivity (Wildman–Crippen MR) is 81.5 cm³/mol. The molecular formula is C17H11N3O. The van der Waals surface area contributed by atoms with Crippen LogP contribution >= 0.6 is 0 Å². The number of hydrogen-bond acceptors (Lipinski definition) is 3. The van der Waals surface area contributed by atoms with E-state index < -0.39 is 0 Å². The van der Waals surface area contributed by atoms with Crippen LogP contribution in [0.3, 0.4) is 0 Å². The van der Waals surface area contributed by atoms with E-state index in [1.807, 2.05) is 43.3 Å². The maximum Gasteiger partial charge on any atom is 0.236 e. The molecule has 4 rings (SSSR count). The lowest BCUT2D eigenvalue weighted by molar-refractivity contribution is -0.117. The standard InChI is InChI=1S/C17H11N3O/c1-10-8-15(21)20-14-7-3-5-11-4-2-6-13(16(11)14)19-17(20)12(10)9-18/h2-7H,8H2,1H3. The number of carbonyl (C=O) groups excluding carboxylic acids is 1. The Morgan fingerprint density at radius 1 is 1.24 bits per heavy atom. The molecule has 0 aromatic heterocycles. The number of rotatable bonds is 0. The molecule has 0 fully saturated rings. The number of nitriles is 1. The fourth-order valence-corrected chi connectivity index (χ4v) is 3.01. The molecule has 0 spiro atoms. The molecule has 0 saturated heterocycles. The van der Waals surface area contributed by atoms with Gasteiger partial charge in [-0.2, -0.15) is 5.26 Å². The van der Waals surface area contributed by atoms with Crippen LogP contribution in [0.2, 0.25) is 0 Å². The second-order valence-corrected chi connectivity index (χ2v) is 5.26. The average molecular weight is 273 g/mol. The summed E-state index contributed by atoms with van der Waals surface area (Å²) in [7, 11) is 0. The van der Waals surface area contributed by atoms with Crippen LogP contribution in [0.15, 0.2) is 52.5 Å². The van der Waals surface area contributed by atoms with Crippen molar-refractivity contribution in [2.45, 2.75) is 13.3 Å². The first-order valence-electron chi connectivity index (χ1n) is 6.74. The van der Waals surface area contributed by atoms with Gasteiger partial charge in [0.1, 0.15) is 6.07 Å². The van der Waals surface area contributed by atoms with Crippen LogP contribution < -0.4 is 4.90 Å². The van der Waals surface area contributed by atoms with Gasteiger partial charge in [-0.15, -0.1) is 0 Å². The van der Waals surface area contributed by atoms with Gasteiger partial charge in [-0.3, -0.25) is 9.69 Å². The summed E-state index contributed by atoms with van der Waals surface area (Å²) in [5.74, 6) is 0.421. The lowest BCUT2D eigenvalue weighted by Gasteiger charge is -2.32. The van der Waals surface area contributed by atoms with Crippen LogP contribution in [-0.2, 0) is 4.79 Å². The van der Waals surface area contributed by atoms with E-state index in [2.05, 4.69) is 11.1 Å². The highest BCUT2D eigenvalue weighted by Gasteiger charge is 2.34. The van der Waals surface area contributed by atoms with Gasteiger partial charge in [0.2, 0.25) is 5.91 Å². The summed E-state index contributed by atoms with van der Waals surface area (Å²) in [4.78, 5) is 18.6. The minimum absolute atomic E-state index is 0.0350. The number of nitrogens with zero attached hydrogens (tertiary/aromatic N) is 3. The Morgan fingerprint density at radius 3 is 2.76 bits per heavy atom. The molecule has 21 heavy (non-hydrogen) atoms. The maximum atomic E-state index is 12.5. The molecule has 2 aromatic carbocycles. The molecule has 0 atom stereocenters. The molecule has 2 aliphatic heterocycles. The molecule has 2 aromatic rings. The van der Waals surface area contributed by atoms with Crippen molar-refractivity contribution in [1.29, 1.82) is 5.26 Å². The van der Waals surface area contributed by atoms with E-state index in [1.54, 1.807) is 4.90 Å². The Hall–Kier alpha value is -2.93. The molecule has 0 bridgehead atoms. The number of hydrogen-bond donors (Lipinski definition) is 0. The number of aliphatic imine (C=N–C) groups is 1. The van der Waals surface area contributed by atoms with Gasteiger partial charge in [0.25, 0.3) is 0 Å². The second-order valence-electron chi connectivity index (χ2n) is 5.26. The monoisotopic (exact) mass is 273 g/mol. The lowest BCUT2D eigenvalue weighted by Crippen LogP contribution is -2.42. The number of benzene rings is 2. The third-order valence-electron chi connectivity index (χ3n) is 3.97. The minimum atomic E-state index is -0.0350. The average Bonchev–Trinajstić information content (AvgIpc) is 2.47. The molecule has 4 nitrogen and oxygen atoms in total. The van der Waals surface area contributed by atoms with Gasteiger partial charge in [-0.1, -0.05) is 24.3 Å². The molecule has 0 radical (unpaired) electrons. The first kappa shape index (κ1) is 11.9. The zero-order valence-electron chi connectivity index (χ0n) is 11.4. The van der Waals surface area contributed by atoms with E-state index in [-0.39, 0.29) is 12.3 Å². The summed E-state index contributed by atoms with van der Waals surface area (Å²) in [6.07, 6.45) is 0.264.